The van der Waals surface area contributed by atoms with E-state index in [-0.39, 0.29) is 12.1 Å². The van der Waals surface area contributed by atoms with E-state index in [2.05, 4.69) is 36.5 Å². The zero-order chi connectivity index (χ0) is 15.0. The Labute approximate surface area is 123 Å². The molecule has 1 atom stereocenters. The van der Waals surface area contributed by atoms with Crippen molar-refractivity contribution in [3.8, 4) is 6.07 Å². The van der Waals surface area contributed by atoms with Crippen molar-refractivity contribution < 1.29 is 0 Å². The van der Waals surface area contributed by atoms with Gasteiger partial charge in [0.1, 0.15) is 11.9 Å². The summed E-state index contributed by atoms with van der Waals surface area (Å²) in [7, 11) is 0. The summed E-state index contributed by atoms with van der Waals surface area (Å²) in [6.07, 6.45) is 3.71. The minimum absolute atomic E-state index is 0.0420. The second-order valence-corrected chi connectivity index (χ2v) is 5.41. The SMILES string of the molecule is CC(c1nc2cc(C#N)ccc2n1C(C)C)n1cccn1. The average molecular weight is 279 g/mol. The van der Waals surface area contributed by atoms with Crippen LogP contribution in [0.3, 0.4) is 0 Å². The summed E-state index contributed by atoms with van der Waals surface area (Å²) in [6, 6.07) is 10.1. The van der Waals surface area contributed by atoms with E-state index in [4.69, 9.17) is 10.2 Å². The Hall–Kier alpha value is -2.61. The van der Waals surface area contributed by atoms with Gasteiger partial charge < -0.3 is 4.57 Å². The van der Waals surface area contributed by atoms with Crippen molar-refractivity contribution in [1.82, 2.24) is 19.3 Å². The average Bonchev–Trinajstić information content (AvgIpc) is 3.12. The molecule has 2 heterocycles. The molecule has 21 heavy (non-hydrogen) atoms. The topological polar surface area (TPSA) is 59.4 Å². The van der Waals surface area contributed by atoms with Crippen molar-refractivity contribution in [1.29, 1.82) is 5.26 Å². The summed E-state index contributed by atoms with van der Waals surface area (Å²) in [5.74, 6) is 0.957. The van der Waals surface area contributed by atoms with Crippen LogP contribution in [0.15, 0.2) is 36.7 Å². The van der Waals surface area contributed by atoms with Crippen LogP contribution in [-0.4, -0.2) is 19.3 Å². The lowest BCUT2D eigenvalue weighted by molar-refractivity contribution is 0.485. The molecule has 2 aromatic heterocycles. The summed E-state index contributed by atoms with van der Waals surface area (Å²) >= 11 is 0. The van der Waals surface area contributed by atoms with E-state index in [1.807, 2.05) is 35.1 Å². The zero-order valence-electron chi connectivity index (χ0n) is 12.4. The van der Waals surface area contributed by atoms with Gasteiger partial charge in [0.05, 0.1) is 22.7 Å². The van der Waals surface area contributed by atoms with Crippen LogP contribution in [0.5, 0.6) is 0 Å². The van der Waals surface area contributed by atoms with Crippen LogP contribution in [0.25, 0.3) is 11.0 Å². The number of imidazole rings is 1. The Kier molecular flexibility index (Phi) is 3.22. The Morgan fingerprint density at radius 3 is 2.67 bits per heavy atom. The van der Waals surface area contributed by atoms with Gasteiger partial charge in [-0.25, -0.2) is 4.98 Å². The molecule has 5 heteroatoms. The first-order chi connectivity index (χ1) is 10.1. The van der Waals surface area contributed by atoms with Gasteiger partial charge in [0, 0.05) is 18.4 Å². The van der Waals surface area contributed by atoms with E-state index < -0.39 is 0 Å². The number of hydrogen-bond donors (Lipinski definition) is 0. The molecule has 3 aromatic rings. The largest absolute Gasteiger partial charge is 0.324 e. The van der Waals surface area contributed by atoms with Crippen LogP contribution in [0.4, 0.5) is 0 Å². The lowest BCUT2D eigenvalue weighted by Gasteiger charge is -2.18. The van der Waals surface area contributed by atoms with E-state index in [0.717, 1.165) is 16.9 Å². The lowest BCUT2D eigenvalue weighted by Crippen LogP contribution is -2.15. The number of rotatable bonds is 3. The third-order valence-electron chi connectivity index (χ3n) is 3.66. The summed E-state index contributed by atoms with van der Waals surface area (Å²) in [4.78, 5) is 4.75. The highest BCUT2D eigenvalue weighted by Crippen LogP contribution is 2.27. The summed E-state index contributed by atoms with van der Waals surface area (Å²) in [6.45, 7) is 6.36. The van der Waals surface area contributed by atoms with Gasteiger partial charge in [-0.15, -0.1) is 0 Å². The molecule has 0 aliphatic carbocycles. The van der Waals surface area contributed by atoms with Gasteiger partial charge in [0.2, 0.25) is 0 Å². The fourth-order valence-corrected chi connectivity index (χ4v) is 2.65. The molecule has 106 valence electrons. The molecule has 0 bridgehead atoms. The number of benzene rings is 1. The maximum Gasteiger partial charge on any atom is 0.134 e. The highest BCUT2D eigenvalue weighted by atomic mass is 15.3. The molecule has 0 saturated heterocycles. The number of nitriles is 1. The minimum Gasteiger partial charge on any atom is -0.324 e. The third-order valence-corrected chi connectivity index (χ3v) is 3.66. The zero-order valence-corrected chi connectivity index (χ0v) is 12.4. The summed E-state index contributed by atoms with van der Waals surface area (Å²) < 4.78 is 4.11. The van der Waals surface area contributed by atoms with Gasteiger partial charge in [-0.3, -0.25) is 4.68 Å². The second kappa shape index (κ2) is 5.06. The van der Waals surface area contributed by atoms with Crippen molar-refractivity contribution in [2.75, 3.05) is 0 Å². The lowest BCUT2D eigenvalue weighted by atomic mass is 10.2. The summed E-state index contributed by atoms with van der Waals surface area (Å²) in [5, 5.41) is 13.4. The standard InChI is InChI=1S/C16H17N5/c1-11(2)21-15-6-5-13(10-17)9-14(15)19-16(21)12(3)20-8-4-7-18-20/h4-9,11-12H,1-3H3. The van der Waals surface area contributed by atoms with Crippen molar-refractivity contribution in [3.63, 3.8) is 0 Å². The third kappa shape index (κ3) is 2.19. The Balaban J connectivity index is 2.22. The van der Waals surface area contributed by atoms with Crippen molar-refractivity contribution in [2.45, 2.75) is 32.9 Å². The van der Waals surface area contributed by atoms with Crippen LogP contribution >= 0.6 is 0 Å². The van der Waals surface area contributed by atoms with Gasteiger partial charge in [0.25, 0.3) is 0 Å². The van der Waals surface area contributed by atoms with Crippen LogP contribution in [0.2, 0.25) is 0 Å². The number of aromatic nitrogens is 4. The van der Waals surface area contributed by atoms with E-state index >= 15 is 0 Å². The Morgan fingerprint density at radius 1 is 1.24 bits per heavy atom. The van der Waals surface area contributed by atoms with Gasteiger partial charge in [-0.2, -0.15) is 10.4 Å². The van der Waals surface area contributed by atoms with E-state index in [9.17, 15) is 0 Å². The maximum absolute atomic E-state index is 9.04. The highest BCUT2D eigenvalue weighted by Gasteiger charge is 2.20. The molecule has 0 saturated carbocycles. The smallest absolute Gasteiger partial charge is 0.134 e. The monoisotopic (exact) mass is 279 g/mol. The molecule has 0 radical (unpaired) electrons. The molecule has 0 spiro atoms. The molecule has 0 N–H and O–H groups in total. The first-order valence-electron chi connectivity index (χ1n) is 7.03. The van der Waals surface area contributed by atoms with Crippen LogP contribution in [0.1, 0.15) is 44.2 Å². The van der Waals surface area contributed by atoms with E-state index in [1.165, 1.54) is 0 Å². The molecule has 1 unspecified atom stereocenters. The number of nitrogens with zero attached hydrogens (tertiary/aromatic N) is 5. The molecule has 0 aliphatic heterocycles. The molecule has 3 rings (SSSR count). The fraction of sp³-hybridized carbons (Fsp3) is 0.312. The first kappa shape index (κ1) is 13.4. The molecule has 0 fully saturated rings. The van der Waals surface area contributed by atoms with Crippen molar-refractivity contribution >= 4 is 11.0 Å². The Bertz CT molecular complexity index is 805. The van der Waals surface area contributed by atoms with Crippen molar-refractivity contribution in [3.05, 3.63) is 48.0 Å². The number of hydrogen-bond acceptors (Lipinski definition) is 3. The Morgan fingerprint density at radius 2 is 2.05 bits per heavy atom. The van der Waals surface area contributed by atoms with Gasteiger partial charge in [0.15, 0.2) is 0 Å². The van der Waals surface area contributed by atoms with Gasteiger partial charge in [-0.05, 0) is 45.0 Å². The molecular weight excluding hydrogens is 262 g/mol. The summed E-state index contributed by atoms with van der Waals surface area (Å²) in [5.41, 5.74) is 2.55. The van der Waals surface area contributed by atoms with Gasteiger partial charge >= 0.3 is 0 Å². The molecule has 0 amide bonds. The maximum atomic E-state index is 9.04. The number of fused-ring (bicyclic) bond motifs is 1. The first-order valence-corrected chi connectivity index (χ1v) is 7.03. The van der Waals surface area contributed by atoms with Crippen LogP contribution in [0, 0.1) is 11.3 Å². The highest BCUT2D eigenvalue weighted by molar-refractivity contribution is 5.78. The minimum atomic E-state index is 0.0420. The van der Waals surface area contributed by atoms with Gasteiger partial charge in [-0.1, -0.05) is 0 Å². The molecular formula is C16H17N5. The predicted molar refractivity (Wildman–Crippen MR) is 80.9 cm³/mol. The second-order valence-electron chi connectivity index (χ2n) is 5.41. The normalized spacial score (nSPS) is 12.7. The quantitative estimate of drug-likeness (QED) is 0.739. The van der Waals surface area contributed by atoms with Crippen LogP contribution < -0.4 is 0 Å². The predicted octanol–water partition coefficient (Wildman–Crippen LogP) is 3.29. The fourth-order valence-electron chi connectivity index (χ4n) is 2.65. The van der Waals surface area contributed by atoms with Crippen LogP contribution in [-0.2, 0) is 0 Å². The van der Waals surface area contributed by atoms with Crippen molar-refractivity contribution in [2.24, 2.45) is 0 Å². The van der Waals surface area contributed by atoms with E-state index in [1.54, 1.807) is 6.20 Å². The molecule has 1 aromatic carbocycles. The van der Waals surface area contributed by atoms with E-state index in [0.29, 0.717) is 5.56 Å². The molecule has 0 aliphatic rings. The molecule has 5 nitrogen and oxygen atoms in total.